The lowest BCUT2D eigenvalue weighted by Crippen LogP contribution is -2.54. The van der Waals surface area contributed by atoms with Gasteiger partial charge in [-0.25, -0.2) is 9.59 Å². The van der Waals surface area contributed by atoms with E-state index >= 15 is 0 Å². The molecular weight excluding hydrogens is 650 g/mol. The fourth-order valence-corrected chi connectivity index (χ4v) is 5.26. The molecule has 50 heavy (non-hydrogen) atoms. The molecule has 0 rings (SSSR count). The summed E-state index contributed by atoms with van der Waals surface area (Å²) >= 11 is 0. The Morgan fingerprint density at radius 1 is 0.520 bits per heavy atom. The Kier molecular flexibility index (Phi) is 26.8. The fourth-order valence-electron chi connectivity index (χ4n) is 5.26. The maximum atomic E-state index is 12.8. The first-order chi connectivity index (χ1) is 23.8. The number of nitrogens with two attached hydrogens (primary N) is 1. The van der Waals surface area contributed by atoms with Crippen LogP contribution in [0, 0.1) is 0 Å². The summed E-state index contributed by atoms with van der Waals surface area (Å²) in [5.74, 6) is -6.08. The first kappa shape index (κ1) is 46.2. The predicted molar refractivity (Wildman–Crippen MR) is 188 cm³/mol. The predicted octanol–water partition coefficient (Wildman–Crippen LogP) is 3.37. The molecule has 4 amide bonds. The second-order valence-electron chi connectivity index (χ2n) is 13.0. The monoisotopic (exact) mass is 713 g/mol. The van der Waals surface area contributed by atoms with Gasteiger partial charge in [0, 0.05) is 25.8 Å². The summed E-state index contributed by atoms with van der Waals surface area (Å²) in [6.45, 7) is 3.82. The third kappa shape index (κ3) is 25.3. The number of hydrogen-bond acceptors (Lipinski definition) is 8. The molecule has 0 spiro atoms. The first-order valence-corrected chi connectivity index (χ1v) is 18.4. The molecule has 0 bridgehead atoms. The van der Waals surface area contributed by atoms with Gasteiger partial charge in [-0.2, -0.15) is 0 Å². The van der Waals surface area contributed by atoms with Gasteiger partial charge >= 0.3 is 17.9 Å². The molecule has 0 aromatic heterocycles. The maximum Gasteiger partial charge on any atom is 0.326 e. The van der Waals surface area contributed by atoms with Crippen LogP contribution in [-0.2, 0) is 33.6 Å². The van der Waals surface area contributed by atoms with Gasteiger partial charge in [0.25, 0.3) is 0 Å². The molecule has 0 aliphatic heterocycles. The van der Waals surface area contributed by atoms with Crippen LogP contribution in [0.15, 0.2) is 0 Å². The summed E-state index contributed by atoms with van der Waals surface area (Å²) in [7, 11) is 0. The van der Waals surface area contributed by atoms with Crippen LogP contribution in [0.1, 0.15) is 149 Å². The number of carboxylic acid groups (broad SMARTS) is 3. The zero-order valence-corrected chi connectivity index (χ0v) is 30.1. The average Bonchev–Trinajstić information content (AvgIpc) is 3.05. The summed E-state index contributed by atoms with van der Waals surface area (Å²) in [5, 5.41) is 37.6. The van der Waals surface area contributed by atoms with Gasteiger partial charge < -0.3 is 42.3 Å². The Hall–Kier alpha value is -3.75. The molecule has 0 unspecified atom stereocenters. The Labute approximate surface area is 296 Å². The molecule has 0 aromatic carbocycles. The highest BCUT2D eigenvalue weighted by atomic mass is 16.4. The van der Waals surface area contributed by atoms with E-state index in [0.29, 0.717) is 19.3 Å². The number of carbonyl (C=O) groups is 7. The highest BCUT2D eigenvalue weighted by Gasteiger charge is 2.27. The summed E-state index contributed by atoms with van der Waals surface area (Å²) in [6, 6.07) is -4.74. The van der Waals surface area contributed by atoms with Crippen LogP contribution in [0.2, 0.25) is 0 Å². The molecule has 0 aliphatic rings. The van der Waals surface area contributed by atoms with Gasteiger partial charge in [0.2, 0.25) is 23.6 Å². The van der Waals surface area contributed by atoms with E-state index in [4.69, 9.17) is 10.8 Å². The maximum absolute atomic E-state index is 12.8. The van der Waals surface area contributed by atoms with E-state index in [1.807, 2.05) is 0 Å². The second kappa shape index (κ2) is 29.0. The number of unbranched alkanes of at least 4 members (excludes halogenated alkanes) is 13. The van der Waals surface area contributed by atoms with Gasteiger partial charge in [-0.15, -0.1) is 0 Å². The molecule has 15 heteroatoms. The molecule has 0 aliphatic carbocycles. The molecule has 9 N–H and O–H groups in total. The van der Waals surface area contributed by atoms with Crippen molar-refractivity contribution in [3.63, 3.8) is 0 Å². The third-order valence-electron chi connectivity index (χ3n) is 8.35. The Bertz CT molecular complexity index is 1040. The average molecular weight is 714 g/mol. The Morgan fingerprint density at radius 2 is 1.00 bits per heavy atom. The van der Waals surface area contributed by atoms with Gasteiger partial charge in [-0.3, -0.25) is 24.0 Å². The van der Waals surface area contributed by atoms with E-state index in [1.165, 1.54) is 64.7 Å². The van der Waals surface area contributed by atoms with Crippen LogP contribution in [-0.4, -0.2) is 87.6 Å². The van der Waals surface area contributed by atoms with Crippen molar-refractivity contribution < 1.29 is 48.9 Å². The van der Waals surface area contributed by atoms with Crippen molar-refractivity contribution in [2.75, 3.05) is 6.54 Å². The Balaban J connectivity index is 4.41. The molecule has 4 atom stereocenters. The molecule has 0 saturated heterocycles. The van der Waals surface area contributed by atoms with Crippen LogP contribution in [0.3, 0.4) is 0 Å². The van der Waals surface area contributed by atoms with Crippen LogP contribution in [0.4, 0.5) is 0 Å². The molecule has 15 nitrogen and oxygen atoms in total. The van der Waals surface area contributed by atoms with Crippen molar-refractivity contribution in [2.45, 2.75) is 173 Å². The fraction of sp³-hybridized carbons (Fsp3) is 0.800. The van der Waals surface area contributed by atoms with Gasteiger partial charge in [0.15, 0.2) is 0 Å². The summed E-state index contributed by atoms with van der Waals surface area (Å²) in [5.41, 5.74) is 5.57. The van der Waals surface area contributed by atoms with E-state index in [1.54, 1.807) is 0 Å². The zero-order chi connectivity index (χ0) is 37.7. The van der Waals surface area contributed by atoms with E-state index in [0.717, 1.165) is 19.3 Å². The highest BCUT2D eigenvalue weighted by Crippen LogP contribution is 2.13. The molecule has 0 heterocycles. The first-order valence-electron chi connectivity index (χ1n) is 18.4. The standard InChI is InChI=1S/C35H63N5O10/c1-3-4-5-6-7-8-9-10-11-12-13-14-15-19-30(42)38-27(34(47)48)20-22-29(41)37-24-17-16-18-26(39-32(45)25(2)36)33(46)40-28(35(49)50)21-23-31(43)44/h25-28H,3-24,36H2,1-2H3,(H,37,41)(H,38,42)(H,39,45)(H,40,46)(H,43,44)(H,47,48)(H,49,50)/t25-,26-,27-,28-/m0/s1. The van der Waals surface area contributed by atoms with Crippen molar-refractivity contribution in [3.8, 4) is 0 Å². The summed E-state index contributed by atoms with van der Waals surface area (Å²) in [4.78, 5) is 83.5. The number of carboxylic acids is 3. The van der Waals surface area contributed by atoms with Gasteiger partial charge in [0.05, 0.1) is 6.04 Å². The lowest BCUT2D eigenvalue weighted by atomic mass is 10.0. The minimum Gasteiger partial charge on any atom is -0.481 e. The minimum absolute atomic E-state index is 0.0797. The summed E-state index contributed by atoms with van der Waals surface area (Å²) in [6.07, 6.45) is 15.3. The van der Waals surface area contributed by atoms with Crippen LogP contribution in [0.25, 0.3) is 0 Å². The van der Waals surface area contributed by atoms with E-state index in [2.05, 4.69) is 28.2 Å². The number of hydrogen-bond donors (Lipinski definition) is 8. The molecule has 0 aromatic rings. The largest absolute Gasteiger partial charge is 0.481 e. The van der Waals surface area contributed by atoms with E-state index in [-0.39, 0.29) is 44.6 Å². The van der Waals surface area contributed by atoms with Crippen molar-refractivity contribution in [1.82, 2.24) is 21.3 Å². The molecular formula is C35H63N5O10. The number of carbonyl (C=O) groups excluding carboxylic acids is 4. The van der Waals surface area contributed by atoms with Crippen LogP contribution < -0.4 is 27.0 Å². The molecule has 0 radical (unpaired) electrons. The lowest BCUT2D eigenvalue weighted by Gasteiger charge is -2.22. The van der Waals surface area contributed by atoms with Gasteiger partial charge in [-0.1, -0.05) is 84.0 Å². The van der Waals surface area contributed by atoms with Crippen LogP contribution in [0.5, 0.6) is 0 Å². The topological polar surface area (TPSA) is 254 Å². The second-order valence-corrected chi connectivity index (χ2v) is 13.0. The lowest BCUT2D eigenvalue weighted by molar-refractivity contribution is -0.143. The molecule has 0 fully saturated rings. The van der Waals surface area contributed by atoms with Crippen molar-refractivity contribution in [2.24, 2.45) is 5.73 Å². The number of nitrogens with one attached hydrogen (secondary N) is 4. The van der Waals surface area contributed by atoms with Crippen molar-refractivity contribution in [1.29, 1.82) is 0 Å². The zero-order valence-electron chi connectivity index (χ0n) is 30.1. The Morgan fingerprint density at radius 3 is 1.50 bits per heavy atom. The quantitative estimate of drug-likeness (QED) is 0.0469. The SMILES string of the molecule is CCCCCCCCCCCCCCCC(=O)N[C@@H](CCC(=O)NCCCC[C@H](NC(=O)[C@H](C)N)C(=O)N[C@@H](CCC(=O)O)C(=O)O)C(=O)O. The van der Waals surface area contributed by atoms with Crippen LogP contribution >= 0.6 is 0 Å². The van der Waals surface area contributed by atoms with Gasteiger partial charge in [-0.05, 0) is 45.4 Å². The summed E-state index contributed by atoms with van der Waals surface area (Å²) < 4.78 is 0. The smallest absolute Gasteiger partial charge is 0.326 e. The third-order valence-corrected chi connectivity index (χ3v) is 8.35. The number of rotatable bonds is 32. The highest BCUT2D eigenvalue weighted by molar-refractivity contribution is 5.91. The number of amides is 4. The van der Waals surface area contributed by atoms with Crippen molar-refractivity contribution in [3.05, 3.63) is 0 Å². The minimum atomic E-state index is -1.47. The van der Waals surface area contributed by atoms with E-state index < -0.39 is 66.2 Å². The van der Waals surface area contributed by atoms with Gasteiger partial charge in [0.1, 0.15) is 18.1 Å². The van der Waals surface area contributed by atoms with Crippen molar-refractivity contribution >= 4 is 41.5 Å². The molecule has 288 valence electrons. The van der Waals surface area contributed by atoms with E-state index in [9.17, 15) is 43.8 Å². The number of aliphatic carboxylic acids is 3. The molecule has 0 saturated carbocycles. The normalized spacial score (nSPS) is 13.3.